The number of aromatic nitrogens is 2. The van der Waals surface area contributed by atoms with E-state index in [1.807, 2.05) is 0 Å². The van der Waals surface area contributed by atoms with Crippen molar-refractivity contribution in [2.45, 2.75) is 38.7 Å². The first kappa shape index (κ1) is 15.3. The average molecular weight is 264 g/mol. The summed E-state index contributed by atoms with van der Waals surface area (Å²) in [5.74, 6) is 6.20. The Morgan fingerprint density at radius 2 is 2.11 bits per heavy atom. The lowest BCUT2D eigenvalue weighted by Gasteiger charge is -2.04. The molecule has 1 rings (SSSR count). The quantitative estimate of drug-likeness (QED) is 0.793. The highest BCUT2D eigenvalue weighted by atomic mass is 16.5. The number of hydrogen-bond acceptors (Lipinski definition) is 5. The van der Waals surface area contributed by atoms with Crippen molar-refractivity contribution in [1.29, 1.82) is 0 Å². The second-order valence-corrected chi connectivity index (χ2v) is 4.08. The molecule has 104 valence electrons. The van der Waals surface area contributed by atoms with E-state index >= 15 is 0 Å². The molecule has 0 aliphatic heterocycles. The van der Waals surface area contributed by atoms with Gasteiger partial charge in [-0.05, 0) is 12.3 Å². The lowest BCUT2D eigenvalue weighted by Crippen LogP contribution is -2.04. The first-order valence-electron chi connectivity index (χ1n) is 6.33. The minimum atomic E-state index is -0.377. The number of hydrogen-bond donors (Lipinski definition) is 1. The van der Waals surface area contributed by atoms with Crippen LogP contribution in [0.3, 0.4) is 0 Å². The van der Waals surface area contributed by atoms with Gasteiger partial charge < -0.3 is 14.6 Å². The zero-order valence-electron chi connectivity index (χ0n) is 11.6. The van der Waals surface area contributed by atoms with Crippen molar-refractivity contribution >= 4 is 0 Å². The molecule has 19 heavy (non-hydrogen) atoms. The van der Waals surface area contributed by atoms with E-state index in [4.69, 9.17) is 9.47 Å². The van der Waals surface area contributed by atoms with E-state index < -0.39 is 0 Å². The van der Waals surface area contributed by atoms with E-state index in [0.29, 0.717) is 18.0 Å². The molecule has 0 fully saturated rings. The van der Waals surface area contributed by atoms with Crippen LogP contribution in [0.5, 0.6) is 11.9 Å². The minimum absolute atomic E-state index is 0.218. The lowest BCUT2D eigenvalue weighted by molar-refractivity contribution is 0.167. The third-order valence-electron chi connectivity index (χ3n) is 2.52. The highest BCUT2D eigenvalue weighted by molar-refractivity contribution is 5.32. The molecular weight excluding hydrogens is 244 g/mol. The van der Waals surface area contributed by atoms with Crippen LogP contribution in [0.25, 0.3) is 0 Å². The molecule has 0 saturated carbocycles. The van der Waals surface area contributed by atoms with E-state index in [-0.39, 0.29) is 12.1 Å². The van der Waals surface area contributed by atoms with Gasteiger partial charge in [0.15, 0.2) is 0 Å². The first-order valence-corrected chi connectivity index (χ1v) is 6.33. The van der Waals surface area contributed by atoms with Gasteiger partial charge in [0.2, 0.25) is 5.88 Å². The van der Waals surface area contributed by atoms with E-state index in [2.05, 4.69) is 28.7 Å². The van der Waals surface area contributed by atoms with Gasteiger partial charge in [-0.2, -0.15) is 9.97 Å². The summed E-state index contributed by atoms with van der Waals surface area (Å²) < 4.78 is 9.99. The monoisotopic (exact) mass is 264 g/mol. The molecule has 0 radical (unpaired) electrons. The van der Waals surface area contributed by atoms with E-state index in [1.165, 1.54) is 14.2 Å². The van der Waals surface area contributed by atoms with Crippen molar-refractivity contribution < 1.29 is 14.6 Å². The summed E-state index contributed by atoms with van der Waals surface area (Å²) in [6.07, 6.45) is 2.93. The summed E-state index contributed by atoms with van der Waals surface area (Å²) in [4.78, 5) is 8.07. The minimum Gasteiger partial charge on any atom is -0.481 e. The number of aliphatic hydroxyl groups excluding tert-OH is 1. The third kappa shape index (κ3) is 5.58. The van der Waals surface area contributed by atoms with E-state index in [1.54, 1.807) is 6.07 Å². The molecule has 1 aromatic rings. The second kappa shape index (κ2) is 8.33. The van der Waals surface area contributed by atoms with Gasteiger partial charge in [-0.15, -0.1) is 0 Å². The summed E-state index contributed by atoms with van der Waals surface area (Å²) in [6, 6.07) is 1.85. The third-order valence-corrected chi connectivity index (χ3v) is 2.52. The Bertz CT molecular complexity index is 429. The van der Waals surface area contributed by atoms with Gasteiger partial charge in [0.05, 0.1) is 20.3 Å². The van der Waals surface area contributed by atoms with Crippen molar-refractivity contribution in [3.05, 3.63) is 11.8 Å². The first-order chi connectivity index (χ1) is 9.19. The molecule has 1 unspecified atom stereocenters. The smallest absolute Gasteiger partial charge is 0.320 e. The Balaban J connectivity index is 2.66. The average Bonchev–Trinajstić information content (AvgIpc) is 2.44. The molecule has 0 aliphatic rings. The van der Waals surface area contributed by atoms with Crippen molar-refractivity contribution in [3.63, 3.8) is 0 Å². The number of ether oxygens (including phenoxy) is 2. The second-order valence-electron chi connectivity index (χ2n) is 4.08. The normalized spacial score (nSPS) is 11.4. The molecule has 0 aromatic carbocycles. The van der Waals surface area contributed by atoms with Gasteiger partial charge in [0.25, 0.3) is 0 Å². The summed E-state index contributed by atoms with van der Waals surface area (Å²) in [5, 5.41) is 9.68. The molecule has 5 nitrogen and oxygen atoms in total. The fraction of sp³-hybridized carbons (Fsp3) is 0.571. The van der Waals surface area contributed by atoms with E-state index in [0.717, 1.165) is 19.3 Å². The Morgan fingerprint density at radius 1 is 1.32 bits per heavy atom. The van der Waals surface area contributed by atoms with Gasteiger partial charge in [-0.1, -0.05) is 25.7 Å². The number of aliphatic hydroxyl groups is 1. The molecular formula is C14H20N2O3. The van der Waals surface area contributed by atoms with Crippen LogP contribution >= 0.6 is 0 Å². The molecule has 0 saturated heterocycles. The molecule has 0 aliphatic carbocycles. The summed E-state index contributed by atoms with van der Waals surface area (Å²) in [5.41, 5.74) is 0.520. The Hall–Kier alpha value is -1.80. The Kier molecular flexibility index (Phi) is 6.69. The van der Waals surface area contributed by atoms with Crippen molar-refractivity contribution in [1.82, 2.24) is 9.97 Å². The lowest BCUT2D eigenvalue weighted by atomic mass is 10.1. The van der Waals surface area contributed by atoms with Crippen LogP contribution in [0.15, 0.2) is 6.07 Å². The van der Waals surface area contributed by atoms with Crippen LogP contribution in [0.4, 0.5) is 0 Å². The maximum atomic E-state index is 9.68. The van der Waals surface area contributed by atoms with Crippen LogP contribution in [-0.4, -0.2) is 35.4 Å². The fourth-order valence-electron chi connectivity index (χ4n) is 1.46. The fourth-order valence-corrected chi connectivity index (χ4v) is 1.46. The van der Waals surface area contributed by atoms with Gasteiger partial charge in [0.1, 0.15) is 5.69 Å². The molecule has 0 spiro atoms. The van der Waals surface area contributed by atoms with Crippen molar-refractivity contribution in [3.8, 4) is 23.7 Å². The zero-order chi connectivity index (χ0) is 14.1. The number of methoxy groups -OCH3 is 2. The van der Waals surface area contributed by atoms with E-state index in [9.17, 15) is 5.11 Å². The van der Waals surface area contributed by atoms with Crippen molar-refractivity contribution in [2.75, 3.05) is 14.2 Å². The molecule has 0 amide bonds. The zero-order valence-corrected chi connectivity index (χ0v) is 11.6. The standard InChI is InChI=1S/C14H20N2O3/c1-4-5-8-12(17)9-6-7-11-10-13(18-2)16-14(15-11)19-3/h10,12,17H,4-5,8-9H2,1-3H3. The van der Waals surface area contributed by atoms with Crippen molar-refractivity contribution in [2.24, 2.45) is 0 Å². The highest BCUT2D eigenvalue weighted by Crippen LogP contribution is 2.12. The van der Waals surface area contributed by atoms with Gasteiger partial charge in [-0.3, -0.25) is 0 Å². The molecule has 5 heteroatoms. The molecule has 1 atom stereocenters. The SMILES string of the molecule is CCCCC(O)CC#Cc1cc(OC)nc(OC)n1. The highest BCUT2D eigenvalue weighted by Gasteiger charge is 2.03. The van der Waals surface area contributed by atoms with Gasteiger partial charge in [0, 0.05) is 12.5 Å². The molecule has 1 aromatic heterocycles. The predicted octanol–water partition coefficient (Wildman–Crippen LogP) is 1.79. The van der Waals surface area contributed by atoms with Gasteiger partial charge in [-0.25, -0.2) is 0 Å². The van der Waals surface area contributed by atoms with Crippen LogP contribution in [0, 0.1) is 11.8 Å². The molecule has 0 bridgehead atoms. The maximum absolute atomic E-state index is 9.68. The predicted molar refractivity (Wildman–Crippen MR) is 72.2 cm³/mol. The van der Waals surface area contributed by atoms with Crippen LogP contribution in [0.2, 0.25) is 0 Å². The number of unbranched alkanes of at least 4 members (excludes halogenated alkanes) is 1. The summed E-state index contributed by atoms with van der Waals surface area (Å²) in [7, 11) is 3.01. The number of rotatable bonds is 6. The number of nitrogens with zero attached hydrogens (tertiary/aromatic N) is 2. The van der Waals surface area contributed by atoms with Gasteiger partial charge >= 0.3 is 6.01 Å². The Morgan fingerprint density at radius 3 is 2.74 bits per heavy atom. The topological polar surface area (TPSA) is 64.5 Å². The van der Waals surface area contributed by atoms with Crippen LogP contribution in [0.1, 0.15) is 38.3 Å². The maximum Gasteiger partial charge on any atom is 0.320 e. The molecule has 1 N–H and O–H groups in total. The summed E-state index contributed by atoms with van der Waals surface area (Å²) >= 11 is 0. The largest absolute Gasteiger partial charge is 0.481 e. The molecule has 1 heterocycles. The summed E-state index contributed by atoms with van der Waals surface area (Å²) in [6.45, 7) is 2.10. The van der Waals surface area contributed by atoms with Crippen LogP contribution in [-0.2, 0) is 0 Å². The Labute approximate surface area is 114 Å². The van der Waals surface area contributed by atoms with Crippen LogP contribution < -0.4 is 9.47 Å².